The van der Waals surface area contributed by atoms with Gasteiger partial charge in [0.1, 0.15) is 4.64 Å². The minimum absolute atomic E-state index is 0.403. The summed E-state index contributed by atoms with van der Waals surface area (Å²) in [5.74, 6) is 3.39. The van der Waals surface area contributed by atoms with Gasteiger partial charge in [-0.3, -0.25) is 0 Å². The van der Waals surface area contributed by atoms with Gasteiger partial charge >= 0.3 is 0 Å². The lowest BCUT2D eigenvalue weighted by molar-refractivity contribution is -0.0962. The lowest BCUT2D eigenvalue weighted by Crippen LogP contribution is -2.54. The number of allylic oxidation sites excluding steroid dienone is 2. The van der Waals surface area contributed by atoms with Gasteiger partial charge in [-0.15, -0.1) is 0 Å². The second-order valence-electron chi connectivity index (χ2n) is 10.4. The number of hydrogen-bond donors (Lipinski definition) is 2. The van der Waals surface area contributed by atoms with E-state index in [1.165, 1.54) is 51.1 Å². The molecule has 3 unspecified atom stereocenters. The molecule has 4 heteroatoms. The molecule has 2 saturated carbocycles. The highest BCUT2D eigenvalue weighted by atomic mass is 32.1. The lowest BCUT2D eigenvalue weighted by Gasteiger charge is -2.60. The van der Waals surface area contributed by atoms with Gasteiger partial charge in [-0.05, 0) is 91.7 Å². The Morgan fingerprint density at radius 1 is 1.21 bits per heavy atom. The van der Waals surface area contributed by atoms with Crippen LogP contribution >= 0.6 is 12.2 Å². The minimum Gasteiger partial charge on any atom is -0.428 e. The molecule has 0 radical (unpaired) electrons. The van der Waals surface area contributed by atoms with E-state index < -0.39 is 0 Å². The number of pyridine rings is 1. The van der Waals surface area contributed by atoms with Crippen LogP contribution in [0, 0.1) is 39.1 Å². The van der Waals surface area contributed by atoms with E-state index in [9.17, 15) is 0 Å². The monoisotopic (exact) mass is 416 g/mol. The fourth-order valence-corrected chi connectivity index (χ4v) is 6.90. The summed E-state index contributed by atoms with van der Waals surface area (Å²) in [5, 5.41) is 8.73. The first-order valence-electron chi connectivity index (χ1n) is 11.5. The van der Waals surface area contributed by atoms with Crippen LogP contribution in [0.5, 0.6) is 0 Å². The van der Waals surface area contributed by atoms with E-state index in [4.69, 9.17) is 10.9 Å². The highest BCUT2D eigenvalue weighted by Gasteiger charge is 2.55. The van der Waals surface area contributed by atoms with Crippen LogP contribution in [-0.2, 0) is 0 Å². The molecule has 1 aromatic rings. The molecule has 0 amide bonds. The van der Waals surface area contributed by atoms with Gasteiger partial charge in [-0.2, -0.15) is 4.73 Å². The van der Waals surface area contributed by atoms with Crippen LogP contribution in [0.15, 0.2) is 36.0 Å². The van der Waals surface area contributed by atoms with E-state index in [2.05, 4.69) is 46.0 Å². The van der Waals surface area contributed by atoms with Crippen molar-refractivity contribution in [2.75, 3.05) is 6.54 Å². The predicted molar refractivity (Wildman–Crippen MR) is 123 cm³/mol. The molecule has 29 heavy (non-hydrogen) atoms. The first-order valence-corrected chi connectivity index (χ1v) is 11.9. The van der Waals surface area contributed by atoms with Crippen molar-refractivity contribution in [1.82, 2.24) is 4.73 Å². The van der Waals surface area contributed by atoms with Gasteiger partial charge in [0.15, 0.2) is 0 Å². The Labute approximate surface area is 182 Å². The van der Waals surface area contributed by atoms with E-state index >= 15 is 0 Å². The van der Waals surface area contributed by atoms with Crippen molar-refractivity contribution < 1.29 is 5.21 Å². The summed E-state index contributed by atoms with van der Waals surface area (Å²) in [6, 6.07) is 5.13. The van der Waals surface area contributed by atoms with Gasteiger partial charge in [0.25, 0.3) is 0 Å². The van der Waals surface area contributed by atoms with Crippen LogP contribution < -0.4 is 5.73 Å². The predicted octanol–water partition coefficient (Wildman–Crippen LogP) is 6.62. The summed E-state index contributed by atoms with van der Waals surface area (Å²) in [4.78, 5) is 0. The molecular weight excluding hydrogens is 376 g/mol. The van der Waals surface area contributed by atoms with Gasteiger partial charge in [0.05, 0.1) is 0 Å². The van der Waals surface area contributed by atoms with Gasteiger partial charge < -0.3 is 10.9 Å². The molecule has 0 saturated heterocycles. The Bertz CT molecular complexity index is 785. The van der Waals surface area contributed by atoms with Gasteiger partial charge in [-0.1, -0.05) is 64.0 Å². The third-order valence-corrected chi connectivity index (χ3v) is 8.76. The summed E-state index contributed by atoms with van der Waals surface area (Å²) in [6.45, 7) is 10.7. The molecule has 1 heterocycles. The van der Waals surface area contributed by atoms with Crippen molar-refractivity contribution in [3.05, 3.63) is 40.7 Å². The maximum absolute atomic E-state index is 8.73. The Kier molecular flexibility index (Phi) is 6.95. The molecule has 162 valence electrons. The maximum atomic E-state index is 8.73. The smallest absolute Gasteiger partial charge is 0.142 e. The molecule has 1 aromatic heterocycles. The molecule has 3 nitrogen and oxygen atoms in total. The normalized spacial score (nSPS) is 36.3. The highest BCUT2D eigenvalue weighted by Crippen LogP contribution is 2.63. The van der Waals surface area contributed by atoms with Crippen molar-refractivity contribution in [3.63, 3.8) is 0 Å². The molecule has 3 N–H and O–H groups in total. The largest absolute Gasteiger partial charge is 0.428 e. The second kappa shape index (κ2) is 8.93. The van der Waals surface area contributed by atoms with Crippen LogP contribution in [0.3, 0.4) is 0 Å². The van der Waals surface area contributed by atoms with Crippen LogP contribution in [0.2, 0.25) is 0 Å². The number of rotatable bonds is 2. The summed E-state index contributed by atoms with van der Waals surface area (Å²) < 4.78 is 1.32. The van der Waals surface area contributed by atoms with E-state index in [-0.39, 0.29) is 0 Å². The lowest BCUT2D eigenvalue weighted by atomic mass is 9.44. The fraction of sp³-hybridized carbons (Fsp3) is 0.720. The van der Waals surface area contributed by atoms with Gasteiger partial charge in [0, 0.05) is 6.20 Å². The number of aromatic nitrogens is 1. The molecule has 3 aliphatic rings. The zero-order valence-electron chi connectivity index (χ0n) is 18.7. The van der Waals surface area contributed by atoms with E-state index in [0.717, 1.165) is 34.9 Å². The Hall–Kier alpha value is -1.13. The third-order valence-electron chi connectivity index (χ3n) is 8.44. The second-order valence-corrected chi connectivity index (χ2v) is 10.9. The van der Waals surface area contributed by atoms with Crippen molar-refractivity contribution >= 4 is 12.2 Å². The molecule has 0 bridgehead atoms. The quantitative estimate of drug-likeness (QED) is 0.324. The Balaban J connectivity index is 0.000000252. The average molecular weight is 417 g/mol. The first-order chi connectivity index (χ1) is 13.7. The van der Waals surface area contributed by atoms with Crippen LogP contribution in [0.1, 0.15) is 72.6 Å². The first kappa shape index (κ1) is 22.6. The van der Waals surface area contributed by atoms with Crippen molar-refractivity contribution in [2.24, 2.45) is 40.2 Å². The highest BCUT2D eigenvalue weighted by molar-refractivity contribution is 7.71. The van der Waals surface area contributed by atoms with Crippen LogP contribution in [-0.4, -0.2) is 16.5 Å². The van der Waals surface area contributed by atoms with Crippen LogP contribution in [0.4, 0.5) is 0 Å². The van der Waals surface area contributed by atoms with E-state index in [1.807, 2.05) is 0 Å². The Morgan fingerprint density at radius 3 is 2.55 bits per heavy atom. The minimum atomic E-state index is 0.403. The van der Waals surface area contributed by atoms with E-state index in [0.29, 0.717) is 15.5 Å². The summed E-state index contributed by atoms with van der Waals surface area (Å²) >= 11 is 4.67. The van der Waals surface area contributed by atoms with Crippen LogP contribution in [0.25, 0.3) is 0 Å². The molecule has 4 rings (SSSR count). The van der Waals surface area contributed by atoms with Gasteiger partial charge in [-0.25, -0.2) is 0 Å². The number of fused-ring (bicyclic) bond motifs is 3. The van der Waals surface area contributed by atoms with Crippen molar-refractivity contribution in [3.8, 4) is 0 Å². The summed E-state index contributed by atoms with van der Waals surface area (Å²) in [6.07, 6.45) is 14.0. The molecule has 5 atom stereocenters. The molecule has 3 aliphatic carbocycles. The standard InChI is InChI=1S/C20H35N.C5H5NOS/c1-14(2)15-6-8-17-16(12-15)7-9-18-19(3,13-21)10-5-11-20(17,18)4;7-6-4-2-1-3-5(6)8/h12,14,16-18H,5-11,13,21H2,1-4H3;1-4,7H/t16?,17?,18?,19-,20+;/m0./s1. The molecule has 0 aromatic carbocycles. The number of hydrogen-bond acceptors (Lipinski definition) is 3. The molecule has 2 fully saturated rings. The van der Waals surface area contributed by atoms with E-state index in [1.54, 1.807) is 23.8 Å². The average Bonchev–Trinajstić information content (AvgIpc) is 2.70. The number of nitrogens with two attached hydrogens (primary N) is 1. The molecule has 0 aliphatic heterocycles. The van der Waals surface area contributed by atoms with Crippen molar-refractivity contribution in [1.29, 1.82) is 0 Å². The molecular formula is C25H40N2OS. The zero-order chi connectivity index (χ0) is 21.2. The third kappa shape index (κ3) is 4.49. The van der Waals surface area contributed by atoms with Gasteiger partial charge in [0.2, 0.25) is 0 Å². The SMILES string of the molecule is CC(C)C1=CC2CCC3[C@](C)(CN)CCC[C@]3(C)C2CC1.On1ccccc1=S. The molecule has 0 spiro atoms. The summed E-state index contributed by atoms with van der Waals surface area (Å²) in [5.41, 5.74) is 8.91. The zero-order valence-corrected chi connectivity index (χ0v) is 19.5. The summed E-state index contributed by atoms with van der Waals surface area (Å²) in [7, 11) is 0. The fourth-order valence-electron chi connectivity index (χ4n) is 6.76. The Morgan fingerprint density at radius 2 is 1.97 bits per heavy atom. The van der Waals surface area contributed by atoms with Crippen molar-refractivity contribution in [2.45, 2.75) is 72.6 Å². The topological polar surface area (TPSA) is 51.2 Å². The number of nitrogens with zero attached hydrogens (tertiary/aromatic N) is 1. The maximum Gasteiger partial charge on any atom is 0.142 e.